The van der Waals surface area contributed by atoms with Crippen LogP contribution in [0.15, 0.2) is 22.7 Å². The van der Waals surface area contributed by atoms with Crippen molar-refractivity contribution in [1.29, 1.82) is 0 Å². The molecule has 1 aromatic carbocycles. The van der Waals surface area contributed by atoms with Crippen molar-refractivity contribution in [2.24, 2.45) is 0 Å². The number of aromatic nitrogens is 2. The molecule has 0 radical (unpaired) electrons. The van der Waals surface area contributed by atoms with Crippen LogP contribution in [0.2, 0.25) is 0 Å². The second-order valence-corrected chi connectivity index (χ2v) is 5.95. The largest absolute Gasteiger partial charge is 0.506 e. The van der Waals surface area contributed by atoms with E-state index in [1.54, 1.807) is 12.1 Å². The smallest absolute Gasteiger partial charge is 0.258 e. The second-order valence-electron chi connectivity index (χ2n) is 4.80. The maximum absolute atomic E-state index is 9.43. The highest BCUT2D eigenvalue weighted by Gasteiger charge is 2.26. The van der Waals surface area contributed by atoms with E-state index in [9.17, 15) is 5.11 Å². The predicted molar refractivity (Wildman–Crippen MR) is 78.5 cm³/mol. The molecule has 106 valence electrons. The first-order valence-corrected chi connectivity index (χ1v) is 7.51. The quantitative estimate of drug-likeness (QED) is 0.644. The summed E-state index contributed by atoms with van der Waals surface area (Å²) in [6.45, 7) is 1.02. The van der Waals surface area contributed by atoms with Crippen molar-refractivity contribution in [2.75, 3.05) is 30.8 Å². The zero-order valence-corrected chi connectivity index (χ0v) is 11.9. The number of aromatic hydroxyl groups is 1. The summed E-state index contributed by atoms with van der Waals surface area (Å²) in [5, 5.41) is 13.5. The number of hydrogen-bond acceptors (Lipinski definition) is 7. The Hall–Kier alpha value is -1.73. The van der Waals surface area contributed by atoms with Gasteiger partial charge < -0.3 is 15.4 Å². The van der Waals surface area contributed by atoms with Gasteiger partial charge in [-0.25, -0.2) is 0 Å². The molecule has 0 aliphatic carbocycles. The van der Waals surface area contributed by atoms with Crippen molar-refractivity contribution in [3.8, 4) is 17.2 Å². The van der Waals surface area contributed by atoms with Crippen LogP contribution < -0.4 is 5.73 Å². The molecule has 20 heavy (non-hydrogen) atoms. The fraction of sp³-hybridized carbons (Fsp3) is 0.385. The van der Waals surface area contributed by atoms with Gasteiger partial charge in [0.05, 0.1) is 11.7 Å². The van der Waals surface area contributed by atoms with E-state index in [4.69, 9.17) is 10.3 Å². The lowest BCUT2D eigenvalue weighted by molar-refractivity contribution is 0.257. The lowest BCUT2D eigenvalue weighted by atomic mass is 10.2. The minimum atomic E-state index is 0.0527. The molecule has 1 fully saturated rings. The molecule has 0 bridgehead atoms. The molecule has 6 nitrogen and oxygen atoms in total. The summed E-state index contributed by atoms with van der Waals surface area (Å²) in [5.74, 6) is 3.27. The van der Waals surface area contributed by atoms with Gasteiger partial charge in [0.25, 0.3) is 5.89 Å². The average Bonchev–Trinajstić information content (AvgIpc) is 2.92. The molecule has 1 aliphatic rings. The van der Waals surface area contributed by atoms with Gasteiger partial charge in [0.15, 0.2) is 5.82 Å². The van der Waals surface area contributed by atoms with E-state index in [-0.39, 0.29) is 11.8 Å². The standard InChI is InChI=1S/C13H16N4O2S/c1-17-4-5-20-7-10(17)12-15-13(19-16-12)8-2-3-11(18)9(14)6-8/h2-3,6,10,18H,4-5,7,14H2,1H3. The number of anilines is 1. The minimum absolute atomic E-state index is 0.0527. The third kappa shape index (κ3) is 2.46. The van der Waals surface area contributed by atoms with Crippen LogP contribution in [-0.2, 0) is 0 Å². The summed E-state index contributed by atoms with van der Waals surface area (Å²) >= 11 is 1.89. The van der Waals surface area contributed by atoms with Crippen LogP contribution in [0.1, 0.15) is 11.9 Å². The normalized spacial score (nSPS) is 20.1. The molecule has 1 atom stereocenters. The number of rotatable bonds is 2. The fourth-order valence-corrected chi connectivity index (χ4v) is 3.34. The van der Waals surface area contributed by atoms with E-state index >= 15 is 0 Å². The van der Waals surface area contributed by atoms with E-state index in [1.165, 1.54) is 6.07 Å². The van der Waals surface area contributed by atoms with Gasteiger partial charge in [-0.3, -0.25) is 4.90 Å². The fourth-order valence-electron chi connectivity index (χ4n) is 2.13. The Morgan fingerprint density at radius 3 is 3.10 bits per heavy atom. The van der Waals surface area contributed by atoms with Crippen LogP contribution in [-0.4, -0.2) is 45.2 Å². The van der Waals surface area contributed by atoms with Gasteiger partial charge >= 0.3 is 0 Å². The molecule has 3 rings (SSSR count). The predicted octanol–water partition coefficient (Wildman–Crippen LogP) is 1.74. The SMILES string of the molecule is CN1CCSCC1c1noc(-c2ccc(O)c(N)c2)n1. The monoisotopic (exact) mass is 292 g/mol. The summed E-state index contributed by atoms with van der Waals surface area (Å²) in [6, 6.07) is 5.05. The van der Waals surface area contributed by atoms with E-state index < -0.39 is 0 Å². The zero-order valence-electron chi connectivity index (χ0n) is 11.1. The van der Waals surface area contributed by atoms with Crippen LogP contribution in [0, 0.1) is 0 Å². The summed E-state index contributed by atoms with van der Waals surface area (Å²) in [7, 11) is 2.07. The van der Waals surface area contributed by atoms with Crippen LogP contribution in [0.25, 0.3) is 11.5 Å². The number of nitrogens with two attached hydrogens (primary N) is 1. The summed E-state index contributed by atoms with van der Waals surface area (Å²) in [4.78, 5) is 6.69. The summed E-state index contributed by atoms with van der Waals surface area (Å²) in [6.07, 6.45) is 0. The Bertz CT molecular complexity index is 616. The number of hydrogen-bond donors (Lipinski definition) is 2. The summed E-state index contributed by atoms with van der Waals surface area (Å²) < 4.78 is 5.31. The molecule has 1 aliphatic heterocycles. The number of nitrogen functional groups attached to an aromatic ring is 1. The first-order valence-electron chi connectivity index (χ1n) is 6.35. The maximum atomic E-state index is 9.43. The number of nitrogens with zero attached hydrogens (tertiary/aromatic N) is 3. The van der Waals surface area contributed by atoms with Crippen molar-refractivity contribution < 1.29 is 9.63 Å². The Morgan fingerprint density at radius 2 is 2.35 bits per heavy atom. The van der Waals surface area contributed by atoms with E-state index in [0.29, 0.717) is 23.0 Å². The molecule has 2 aromatic rings. The Labute approximate surface area is 121 Å². The van der Waals surface area contributed by atoms with Gasteiger partial charge in [0.2, 0.25) is 0 Å². The highest BCUT2D eigenvalue weighted by molar-refractivity contribution is 7.99. The third-order valence-electron chi connectivity index (χ3n) is 3.41. The molecule has 1 unspecified atom stereocenters. The molecule has 0 amide bonds. The molecule has 1 aromatic heterocycles. The molecule has 2 heterocycles. The van der Waals surface area contributed by atoms with E-state index in [2.05, 4.69) is 22.1 Å². The maximum Gasteiger partial charge on any atom is 0.258 e. The minimum Gasteiger partial charge on any atom is -0.506 e. The Balaban J connectivity index is 1.87. The van der Waals surface area contributed by atoms with Crippen molar-refractivity contribution in [2.45, 2.75) is 6.04 Å². The van der Waals surface area contributed by atoms with Gasteiger partial charge in [0.1, 0.15) is 5.75 Å². The molecule has 3 N–H and O–H groups in total. The topological polar surface area (TPSA) is 88.4 Å². The molecule has 1 saturated heterocycles. The van der Waals surface area contributed by atoms with Crippen LogP contribution in [0.5, 0.6) is 5.75 Å². The van der Waals surface area contributed by atoms with Crippen LogP contribution >= 0.6 is 11.8 Å². The number of benzene rings is 1. The van der Waals surface area contributed by atoms with Crippen molar-refractivity contribution in [3.05, 3.63) is 24.0 Å². The number of phenols is 1. The molecule has 7 heteroatoms. The lowest BCUT2D eigenvalue weighted by Gasteiger charge is -2.29. The van der Waals surface area contributed by atoms with Crippen molar-refractivity contribution >= 4 is 17.4 Å². The van der Waals surface area contributed by atoms with Gasteiger partial charge in [-0.15, -0.1) is 0 Å². The first kappa shape index (κ1) is 13.3. The highest BCUT2D eigenvalue weighted by atomic mass is 32.2. The van der Waals surface area contributed by atoms with Crippen molar-refractivity contribution in [1.82, 2.24) is 15.0 Å². The molecule has 0 spiro atoms. The number of thioether (sulfide) groups is 1. The second kappa shape index (κ2) is 5.34. The Kier molecular flexibility index (Phi) is 3.54. The number of phenolic OH excluding ortho intramolecular Hbond substituents is 1. The zero-order chi connectivity index (χ0) is 14.1. The van der Waals surface area contributed by atoms with Gasteiger partial charge in [-0.05, 0) is 25.2 Å². The van der Waals surface area contributed by atoms with E-state index in [1.807, 2.05) is 11.8 Å². The Morgan fingerprint density at radius 1 is 1.50 bits per heavy atom. The van der Waals surface area contributed by atoms with Crippen LogP contribution in [0.4, 0.5) is 5.69 Å². The molecule has 0 saturated carbocycles. The molecular formula is C13H16N4O2S. The molecular weight excluding hydrogens is 276 g/mol. The van der Waals surface area contributed by atoms with Gasteiger partial charge in [-0.2, -0.15) is 16.7 Å². The highest BCUT2D eigenvalue weighted by Crippen LogP contribution is 2.30. The van der Waals surface area contributed by atoms with Gasteiger partial charge in [-0.1, -0.05) is 5.16 Å². The average molecular weight is 292 g/mol. The lowest BCUT2D eigenvalue weighted by Crippen LogP contribution is -2.33. The van der Waals surface area contributed by atoms with Crippen LogP contribution in [0.3, 0.4) is 0 Å². The van der Waals surface area contributed by atoms with Crippen molar-refractivity contribution in [3.63, 3.8) is 0 Å². The third-order valence-corrected chi connectivity index (χ3v) is 4.43. The van der Waals surface area contributed by atoms with E-state index in [0.717, 1.165) is 18.1 Å². The van der Waals surface area contributed by atoms with Gasteiger partial charge in [0, 0.05) is 23.6 Å². The first-order chi connectivity index (χ1) is 9.65. The summed E-state index contributed by atoms with van der Waals surface area (Å²) in [5.41, 5.74) is 6.69.